The van der Waals surface area contributed by atoms with Crippen molar-refractivity contribution in [2.45, 2.75) is 53.5 Å². The van der Waals surface area contributed by atoms with Gasteiger partial charge in [0.05, 0.1) is 27.6 Å². The van der Waals surface area contributed by atoms with Gasteiger partial charge in [0.2, 0.25) is 5.88 Å². The summed E-state index contributed by atoms with van der Waals surface area (Å²) in [5, 5.41) is 14.7. The van der Waals surface area contributed by atoms with Crippen LogP contribution in [0.5, 0.6) is 5.75 Å². The monoisotopic (exact) mass is 558 g/mol. The van der Waals surface area contributed by atoms with E-state index < -0.39 is 0 Å². The summed E-state index contributed by atoms with van der Waals surface area (Å²) in [5.74, 6) is 0.567. The fraction of sp³-hybridized carbons (Fsp3) is 0.333. The van der Waals surface area contributed by atoms with Gasteiger partial charge in [0.1, 0.15) is 11.3 Å². The lowest BCUT2D eigenvalue weighted by atomic mass is 9.82. The summed E-state index contributed by atoms with van der Waals surface area (Å²) in [6.07, 6.45) is 2.69. The SMILES string of the molecule is Cc1cc([C@@H](C)Nc2cccc(Cl)c2-c2ccc(O)c(C=O)c2)c2oc(N3CCC(C)(C)CC3)c(C)c(=O)c2c1. The molecule has 0 saturated carbocycles. The molecule has 0 amide bonds. The van der Waals surface area contributed by atoms with Crippen molar-refractivity contribution in [3.05, 3.63) is 86.0 Å². The minimum absolute atomic E-state index is 0.00726. The molecule has 0 radical (unpaired) electrons. The number of halogens is 1. The Bertz CT molecular complexity index is 1660. The summed E-state index contributed by atoms with van der Waals surface area (Å²) in [6, 6.07) is 14.1. The minimum Gasteiger partial charge on any atom is -0.507 e. The Hall–Kier alpha value is -3.77. The molecule has 1 aliphatic rings. The molecule has 5 rings (SSSR count). The van der Waals surface area contributed by atoms with Crippen LogP contribution in [0.3, 0.4) is 0 Å². The first-order chi connectivity index (χ1) is 19.0. The maximum Gasteiger partial charge on any atom is 0.202 e. The van der Waals surface area contributed by atoms with Crippen molar-refractivity contribution in [1.29, 1.82) is 0 Å². The normalized spacial score (nSPS) is 15.7. The lowest BCUT2D eigenvalue weighted by molar-refractivity contribution is 0.112. The van der Waals surface area contributed by atoms with Crippen molar-refractivity contribution in [3.8, 4) is 16.9 Å². The van der Waals surface area contributed by atoms with Crippen LogP contribution in [0.2, 0.25) is 5.02 Å². The van der Waals surface area contributed by atoms with E-state index in [2.05, 4.69) is 30.1 Å². The number of piperidine rings is 1. The van der Waals surface area contributed by atoms with Crippen molar-refractivity contribution in [2.75, 3.05) is 23.3 Å². The van der Waals surface area contributed by atoms with Gasteiger partial charge < -0.3 is 19.7 Å². The highest BCUT2D eigenvalue weighted by Gasteiger charge is 2.29. The van der Waals surface area contributed by atoms with Gasteiger partial charge >= 0.3 is 0 Å². The molecule has 4 aromatic rings. The molecule has 1 saturated heterocycles. The number of phenols is 1. The zero-order valence-electron chi connectivity index (χ0n) is 23.6. The molecule has 3 aromatic carbocycles. The molecule has 1 fully saturated rings. The first-order valence-electron chi connectivity index (χ1n) is 13.7. The van der Waals surface area contributed by atoms with Gasteiger partial charge in [-0.05, 0) is 80.5 Å². The van der Waals surface area contributed by atoms with E-state index in [1.807, 2.05) is 39.0 Å². The number of phenolic OH excluding ortho intramolecular Hbond substituents is 1. The molecule has 0 spiro atoms. The number of hydrogen-bond acceptors (Lipinski definition) is 6. The zero-order valence-corrected chi connectivity index (χ0v) is 24.4. The molecule has 40 heavy (non-hydrogen) atoms. The lowest BCUT2D eigenvalue weighted by Crippen LogP contribution is -2.38. The summed E-state index contributed by atoms with van der Waals surface area (Å²) in [6.45, 7) is 12.1. The molecule has 1 atom stereocenters. The van der Waals surface area contributed by atoms with Gasteiger partial charge in [0.25, 0.3) is 0 Å². The maximum absolute atomic E-state index is 13.6. The molecule has 1 aromatic heterocycles. The van der Waals surface area contributed by atoms with Crippen molar-refractivity contribution in [3.63, 3.8) is 0 Å². The van der Waals surface area contributed by atoms with Gasteiger partial charge in [-0.15, -0.1) is 0 Å². The number of rotatable bonds is 6. The molecular weight excluding hydrogens is 524 g/mol. The van der Waals surface area contributed by atoms with Gasteiger partial charge in [0, 0.05) is 29.9 Å². The van der Waals surface area contributed by atoms with Crippen LogP contribution in [0, 0.1) is 19.3 Å². The van der Waals surface area contributed by atoms with Crippen LogP contribution in [0.4, 0.5) is 11.6 Å². The Labute approximate surface area is 239 Å². The number of nitrogens with zero attached hydrogens (tertiary/aromatic N) is 1. The predicted molar refractivity (Wildman–Crippen MR) is 163 cm³/mol. The Balaban J connectivity index is 1.58. The highest BCUT2D eigenvalue weighted by atomic mass is 35.5. The standard InChI is InChI=1S/C33H35ClN2O4/c1-19-15-24(31-25(16-19)30(39)20(2)32(40-31)36-13-11-33(4,5)12-14-36)21(3)35-27-8-6-7-26(34)29(27)22-9-10-28(38)23(17-22)18-37/h6-10,15-18,21,35,38H,11-14H2,1-5H3/t21-/m1/s1. The van der Waals surface area contributed by atoms with E-state index in [4.69, 9.17) is 16.0 Å². The first-order valence-corrected chi connectivity index (χ1v) is 14.0. The number of carbonyl (C=O) groups excluding carboxylic acids is 1. The molecule has 0 aliphatic carbocycles. The number of anilines is 2. The number of hydrogen-bond donors (Lipinski definition) is 2. The van der Waals surface area contributed by atoms with Gasteiger partial charge in [-0.25, -0.2) is 0 Å². The highest BCUT2D eigenvalue weighted by Crippen LogP contribution is 2.40. The van der Waals surface area contributed by atoms with Gasteiger partial charge in [-0.1, -0.05) is 43.6 Å². The van der Waals surface area contributed by atoms with Crippen LogP contribution in [0.15, 0.2) is 57.7 Å². The largest absolute Gasteiger partial charge is 0.507 e. The van der Waals surface area contributed by atoms with Crippen LogP contribution in [-0.2, 0) is 0 Å². The van der Waals surface area contributed by atoms with Gasteiger partial charge in [0.15, 0.2) is 11.7 Å². The molecule has 0 unspecified atom stereocenters. The maximum atomic E-state index is 13.6. The topological polar surface area (TPSA) is 82.8 Å². The average Bonchev–Trinajstić information content (AvgIpc) is 2.91. The summed E-state index contributed by atoms with van der Waals surface area (Å²) in [5.41, 5.74) is 5.69. The first kappa shape index (κ1) is 27.8. The van der Waals surface area contributed by atoms with Crippen LogP contribution >= 0.6 is 11.6 Å². The second-order valence-corrected chi connectivity index (χ2v) is 12.1. The number of nitrogens with one attached hydrogen (secondary N) is 1. The molecule has 6 nitrogen and oxygen atoms in total. The third-order valence-electron chi connectivity index (χ3n) is 8.07. The van der Waals surface area contributed by atoms with Gasteiger partial charge in [-0.2, -0.15) is 0 Å². The molecular formula is C33H35ClN2O4. The van der Waals surface area contributed by atoms with E-state index in [0.29, 0.717) is 44.9 Å². The Morgan fingerprint density at radius 3 is 2.52 bits per heavy atom. The van der Waals surface area contributed by atoms with Crippen molar-refractivity contribution in [1.82, 2.24) is 0 Å². The minimum atomic E-state index is -0.249. The van der Waals surface area contributed by atoms with Crippen molar-refractivity contribution in [2.24, 2.45) is 5.41 Å². The van der Waals surface area contributed by atoms with E-state index >= 15 is 0 Å². The fourth-order valence-corrected chi connectivity index (χ4v) is 5.83. The lowest BCUT2D eigenvalue weighted by Gasteiger charge is -2.37. The number of aromatic hydroxyl groups is 1. The van der Waals surface area contributed by atoms with Crippen LogP contribution in [0.25, 0.3) is 22.1 Å². The summed E-state index contributed by atoms with van der Waals surface area (Å²) in [4.78, 5) is 27.3. The third-order valence-corrected chi connectivity index (χ3v) is 8.38. The zero-order chi connectivity index (χ0) is 28.8. The number of carbonyl (C=O) groups is 1. The van der Waals surface area contributed by atoms with E-state index in [-0.39, 0.29) is 28.2 Å². The highest BCUT2D eigenvalue weighted by molar-refractivity contribution is 6.34. The van der Waals surface area contributed by atoms with E-state index in [1.54, 1.807) is 18.2 Å². The molecule has 2 heterocycles. The molecule has 0 bridgehead atoms. The predicted octanol–water partition coefficient (Wildman–Crippen LogP) is 8.05. The number of aryl methyl sites for hydroxylation is 1. The van der Waals surface area contributed by atoms with E-state index in [0.717, 1.165) is 42.7 Å². The number of benzene rings is 3. The second kappa shape index (κ2) is 10.7. The average molecular weight is 559 g/mol. The fourth-order valence-electron chi connectivity index (χ4n) is 5.55. The summed E-state index contributed by atoms with van der Waals surface area (Å²) < 4.78 is 6.60. The quantitative estimate of drug-likeness (QED) is 0.233. The smallest absolute Gasteiger partial charge is 0.202 e. The second-order valence-electron chi connectivity index (χ2n) is 11.7. The van der Waals surface area contributed by atoms with Crippen LogP contribution < -0.4 is 15.6 Å². The number of aldehydes is 1. The Kier molecular flexibility index (Phi) is 7.40. The van der Waals surface area contributed by atoms with Crippen molar-refractivity contribution >= 4 is 40.4 Å². The Morgan fingerprint density at radius 2 is 1.82 bits per heavy atom. The van der Waals surface area contributed by atoms with Crippen LogP contribution in [-0.4, -0.2) is 24.5 Å². The molecule has 1 aliphatic heterocycles. The van der Waals surface area contributed by atoms with E-state index in [1.165, 1.54) is 6.07 Å². The van der Waals surface area contributed by atoms with E-state index in [9.17, 15) is 14.7 Å². The third kappa shape index (κ3) is 5.20. The van der Waals surface area contributed by atoms with Gasteiger partial charge in [-0.3, -0.25) is 9.59 Å². The summed E-state index contributed by atoms with van der Waals surface area (Å²) >= 11 is 6.66. The number of fused-ring (bicyclic) bond motifs is 1. The molecule has 7 heteroatoms. The molecule has 2 N–H and O–H groups in total. The summed E-state index contributed by atoms with van der Waals surface area (Å²) in [7, 11) is 0. The molecule has 208 valence electrons. The van der Waals surface area contributed by atoms with Crippen LogP contribution in [0.1, 0.15) is 66.7 Å². The van der Waals surface area contributed by atoms with Crippen molar-refractivity contribution < 1.29 is 14.3 Å². The Morgan fingerprint density at radius 1 is 1.10 bits per heavy atom.